The van der Waals surface area contributed by atoms with Gasteiger partial charge in [-0.05, 0) is 48.4 Å². The monoisotopic (exact) mass is 398 g/mol. The molecule has 5 nitrogen and oxygen atoms in total. The minimum absolute atomic E-state index is 0.220. The van der Waals surface area contributed by atoms with Gasteiger partial charge in [-0.15, -0.1) is 5.10 Å². The summed E-state index contributed by atoms with van der Waals surface area (Å²) < 4.78 is 7.64. The molecule has 0 spiro atoms. The van der Waals surface area contributed by atoms with E-state index < -0.39 is 0 Å². The standard InChI is InChI=1S/C25H26N4O/c1-3-8-24(19-13-15-23(16-14-19)30-22-11-5-4-6-12-22)26-21-10-7-9-20(17-21)25-18-29(2)28-27-25/h4-7,9-18,24,26H,3,8H2,1-2H3. The summed E-state index contributed by atoms with van der Waals surface area (Å²) in [7, 11) is 1.88. The fourth-order valence-corrected chi connectivity index (χ4v) is 3.45. The topological polar surface area (TPSA) is 52.0 Å². The minimum Gasteiger partial charge on any atom is -0.457 e. The first-order valence-corrected chi connectivity index (χ1v) is 10.3. The summed E-state index contributed by atoms with van der Waals surface area (Å²) in [6.45, 7) is 2.21. The first-order chi connectivity index (χ1) is 14.7. The van der Waals surface area contributed by atoms with Gasteiger partial charge in [-0.2, -0.15) is 0 Å². The lowest BCUT2D eigenvalue weighted by Crippen LogP contribution is -2.10. The van der Waals surface area contributed by atoms with E-state index in [0.717, 1.165) is 41.3 Å². The third-order valence-corrected chi connectivity index (χ3v) is 4.94. The number of nitrogens with one attached hydrogen (secondary N) is 1. The molecule has 0 bridgehead atoms. The summed E-state index contributed by atoms with van der Waals surface area (Å²) in [5.74, 6) is 1.68. The molecule has 1 unspecified atom stereocenters. The number of aryl methyl sites for hydroxylation is 1. The summed E-state index contributed by atoms with van der Waals surface area (Å²) in [6.07, 6.45) is 4.05. The Balaban J connectivity index is 1.50. The molecule has 3 aromatic carbocycles. The highest BCUT2D eigenvalue weighted by Crippen LogP contribution is 2.29. The van der Waals surface area contributed by atoms with Crippen LogP contribution in [0.15, 0.2) is 85.1 Å². The second kappa shape index (κ2) is 9.27. The maximum Gasteiger partial charge on any atom is 0.127 e. The molecular formula is C25H26N4O. The zero-order valence-corrected chi connectivity index (χ0v) is 17.3. The van der Waals surface area contributed by atoms with E-state index in [1.165, 1.54) is 5.56 Å². The van der Waals surface area contributed by atoms with Crippen molar-refractivity contribution in [2.75, 3.05) is 5.32 Å². The molecule has 1 N–H and O–H groups in total. The Bertz CT molecular complexity index is 1070. The summed E-state index contributed by atoms with van der Waals surface area (Å²) in [4.78, 5) is 0. The Hall–Kier alpha value is -3.60. The van der Waals surface area contributed by atoms with Crippen LogP contribution in [-0.4, -0.2) is 15.0 Å². The molecule has 0 fully saturated rings. The van der Waals surface area contributed by atoms with Crippen LogP contribution in [-0.2, 0) is 7.05 Å². The maximum atomic E-state index is 5.92. The molecule has 0 aliphatic rings. The number of nitrogens with zero attached hydrogens (tertiary/aromatic N) is 3. The Morgan fingerprint density at radius 3 is 2.40 bits per heavy atom. The number of para-hydroxylation sites is 1. The third-order valence-electron chi connectivity index (χ3n) is 4.94. The van der Waals surface area contributed by atoms with Crippen molar-refractivity contribution < 1.29 is 4.74 Å². The van der Waals surface area contributed by atoms with Crippen molar-refractivity contribution in [2.24, 2.45) is 7.05 Å². The van der Waals surface area contributed by atoms with E-state index in [1.807, 2.05) is 61.8 Å². The molecule has 152 valence electrons. The third kappa shape index (κ3) is 4.87. The number of rotatable bonds is 8. The maximum absolute atomic E-state index is 5.92. The summed E-state index contributed by atoms with van der Waals surface area (Å²) in [6, 6.07) is 26.7. The van der Waals surface area contributed by atoms with Gasteiger partial charge in [0, 0.05) is 18.3 Å². The van der Waals surface area contributed by atoms with E-state index in [9.17, 15) is 0 Å². The molecule has 0 radical (unpaired) electrons. The van der Waals surface area contributed by atoms with E-state index in [0.29, 0.717) is 0 Å². The van der Waals surface area contributed by atoms with Gasteiger partial charge in [0.15, 0.2) is 0 Å². The molecule has 0 saturated heterocycles. The first-order valence-electron chi connectivity index (χ1n) is 10.3. The normalized spacial score (nSPS) is 11.8. The fourth-order valence-electron chi connectivity index (χ4n) is 3.45. The van der Waals surface area contributed by atoms with Gasteiger partial charge in [-0.25, -0.2) is 0 Å². The van der Waals surface area contributed by atoms with Crippen molar-refractivity contribution >= 4 is 5.69 Å². The highest BCUT2D eigenvalue weighted by molar-refractivity contribution is 5.64. The smallest absolute Gasteiger partial charge is 0.127 e. The average Bonchev–Trinajstić information content (AvgIpc) is 3.21. The van der Waals surface area contributed by atoms with Crippen molar-refractivity contribution in [1.29, 1.82) is 0 Å². The van der Waals surface area contributed by atoms with Crippen LogP contribution in [0, 0.1) is 0 Å². The highest BCUT2D eigenvalue weighted by Gasteiger charge is 2.12. The van der Waals surface area contributed by atoms with E-state index in [2.05, 4.69) is 52.9 Å². The molecule has 0 aliphatic carbocycles. The van der Waals surface area contributed by atoms with Gasteiger partial charge < -0.3 is 10.1 Å². The quantitative estimate of drug-likeness (QED) is 0.382. The highest BCUT2D eigenvalue weighted by atomic mass is 16.5. The molecule has 0 saturated carbocycles. The number of aromatic nitrogens is 3. The number of benzene rings is 3. The molecule has 4 rings (SSSR count). The molecule has 0 amide bonds. The lowest BCUT2D eigenvalue weighted by molar-refractivity contribution is 0.482. The zero-order valence-electron chi connectivity index (χ0n) is 17.3. The Morgan fingerprint density at radius 1 is 0.933 bits per heavy atom. The predicted octanol–water partition coefficient (Wildman–Crippen LogP) is 6.23. The Morgan fingerprint density at radius 2 is 1.70 bits per heavy atom. The van der Waals surface area contributed by atoms with Gasteiger partial charge in [-0.3, -0.25) is 4.68 Å². The van der Waals surface area contributed by atoms with E-state index in [4.69, 9.17) is 4.74 Å². The first kappa shape index (κ1) is 19.7. The molecule has 30 heavy (non-hydrogen) atoms. The van der Waals surface area contributed by atoms with E-state index in [-0.39, 0.29) is 6.04 Å². The van der Waals surface area contributed by atoms with Crippen molar-refractivity contribution in [2.45, 2.75) is 25.8 Å². The summed E-state index contributed by atoms with van der Waals surface area (Å²) in [5, 5.41) is 11.9. The van der Waals surface area contributed by atoms with Crippen molar-refractivity contribution in [3.05, 3.63) is 90.6 Å². The van der Waals surface area contributed by atoms with Crippen LogP contribution in [0.3, 0.4) is 0 Å². The predicted molar refractivity (Wildman–Crippen MR) is 121 cm³/mol. The van der Waals surface area contributed by atoms with Gasteiger partial charge in [0.25, 0.3) is 0 Å². The van der Waals surface area contributed by atoms with Gasteiger partial charge in [0.2, 0.25) is 0 Å². The van der Waals surface area contributed by atoms with Crippen LogP contribution >= 0.6 is 0 Å². The van der Waals surface area contributed by atoms with Crippen molar-refractivity contribution in [3.8, 4) is 22.8 Å². The fraction of sp³-hybridized carbons (Fsp3) is 0.200. The van der Waals surface area contributed by atoms with Crippen LogP contribution < -0.4 is 10.1 Å². The summed E-state index contributed by atoms with van der Waals surface area (Å²) in [5.41, 5.74) is 4.23. The molecule has 0 aliphatic heterocycles. The van der Waals surface area contributed by atoms with Gasteiger partial charge in [0.05, 0.1) is 12.2 Å². The number of anilines is 1. The largest absolute Gasteiger partial charge is 0.457 e. The average molecular weight is 399 g/mol. The molecule has 1 aromatic heterocycles. The number of ether oxygens (including phenoxy) is 1. The van der Waals surface area contributed by atoms with E-state index >= 15 is 0 Å². The Labute approximate surface area is 177 Å². The SMILES string of the molecule is CCCC(Nc1cccc(-c2cn(C)nn2)c1)c1ccc(Oc2ccccc2)cc1. The number of hydrogen-bond donors (Lipinski definition) is 1. The second-order valence-electron chi connectivity index (χ2n) is 7.33. The molecule has 1 heterocycles. The van der Waals surface area contributed by atoms with Gasteiger partial charge in [0.1, 0.15) is 17.2 Å². The lowest BCUT2D eigenvalue weighted by Gasteiger charge is -2.21. The summed E-state index contributed by atoms with van der Waals surface area (Å²) >= 11 is 0. The van der Waals surface area contributed by atoms with Crippen LogP contribution in [0.2, 0.25) is 0 Å². The molecule has 4 aromatic rings. The Kier molecular flexibility index (Phi) is 6.09. The van der Waals surface area contributed by atoms with Crippen LogP contribution in [0.1, 0.15) is 31.4 Å². The zero-order chi connectivity index (χ0) is 20.8. The second-order valence-corrected chi connectivity index (χ2v) is 7.33. The van der Waals surface area contributed by atoms with Crippen LogP contribution in [0.5, 0.6) is 11.5 Å². The molecule has 5 heteroatoms. The van der Waals surface area contributed by atoms with Crippen LogP contribution in [0.4, 0.5) is 5.69 Å². The van der Waals surface area contributed by atoms with Crippen molar-refractivity contribution in [1.82, 2.24) is 15.0 Å². The minimum atomic E-state index is 0.220. The van der Waals surface area contributed by atoms with Gasteiger partial charge in [-0.1, -0.05) is 61.0 Å². The van der Waals surface area contributed by atoms with Crippen molar-refractivity contribution in [3.63, 3.8) is 0 Å². The van der Waals surface area contributed by atoms with E-state index in [1.54, 1.807) is 4.68 Å². The molecule has 1 atom stereocenters. The molecular weight excluding hydrogens is 372 g/mol. The van der Waals surface area contributed by atoms with Crippen LogP contribution in [0.25, 0.3) is 11.3 Å². The van der Waals surface area contributed by atoms with Gasteiger partial charge >= 0.3 is 0 Å². The lowest BCUT2D eigenvalue weighted by atomic mass is 10.0. The number of hydrogen-bond acceptors (Lipinski definition) is 4.